The molecule has 0 aliphatic carbocycles. The maximum Gasteiger partial charge on any atom is 0.274 e. The number of primary amides is 1. The van der Waals surface area contributed by atoms with Gasteiger partial charge in [0.15, 0.2) is 5.69 Å². The Balaban J connectivity index is 1.52. The van der Waals surface area contributed by atoms with Gasteiger partial charge in [-0.15, -0.1) is 0 Å². The Morgan fingerprint density at radius 1 is 1.17 bits per heavy atom. The van der Waals surface area contributed by atoms with Crippen molar-refractivity contribution in [3.8, 4) is 0 Å². The van der Waals surface area contributed by atoms with Gasteiger partial charge in [-0.1, -0.05) is 29.3 Å². The van der Waals surface area contributed by atoms with Gasteiger partial charge in [-0.2, -0.15) is 5.10 Å². The normalized spacial score (nSPS) is 19.0. The average molecular weight is 450 g/mol. The van der Waals surface area contributed by atoms with E-state index in [0.717, 1.165) is 0 Å². The van der Waals surface area contributed by atoms with Crippen molar-refractivity contribution in [3.63, 3.8) is 0 Å². The number of hydrogen-bond acceptors (Lipinski definition) is 4. The molecule has 0 saturated carbocycles. The molecule has 4 rings (SSSR count). The summed E-state index contributed by atoms with van der Waals surface area (Å²) >= 11 is 12.5. The largest absolute Gasteiger partial charge is 0.369 e. The molecule has 1 aromatic carbocycles. The highest BCUT2D eigenvalue weighted by molar-refractivity contribution is 6.36. The number of halogens is 2. The predicted molar refractivity (Wildman–Crippen MR) is 111 cm³/mol. The summed E-state index contributed by atoms with van der Waals surface area (Å²) in [5.74, 6) is -1.29. The molecule has 1 fully saturated rings. The summed E-state index contributed by atoms with van der Waals surface area (Å²) in [6.07, 6.45) is 1.38. The maximum atomic E-state index is 13.0. The minimum Gasteiger partial charge on any atom is -0.369 e. The van der Waals surface area contributed by atoms with Crippen molar-refractivity contribution >= 4 is 40.9 Å². The van der Waals surface area contributed by atoms with Gasteiger partial charge in [0.1, 0.15) is 5.69 Å². The molecule has 0 bridgehead atoms. The number of amides is 3. The highest BCUT2D eigenvalue weighted by Gasteiger charge is 2.32. The van der Waals surface area contributed by atoms with Crippen LogP contribution in [0.1, 0.15) is 39.4 Å². The first kappa shape index (κ1) is 20.7. The van der Waals surface area contributed by atoms with Crippen LogP contribution in [0.25, 0.3) is 0 Å². The lowest BCUT2D eigenvalue weighted by atomic mass is 9.97. The molecule has 3 amide bonds. The molecular formula is C20H21Cl2N5O3. The summed E-state index contributed by atoms with van der Waals surface area (Å²) in [6, 6.07) is 6.73. The van der Waals surface area contributed by atoms with Crippen molar-refractivity contribution in [1.82, 2.24) is 19.6 Å². The highest BCUT2D eigenvalue weighted by atomic mass is 35.5. The Morgan fingerprint density at radius 3 is 2.60 bits per heavy atom. The number of piperidine rings is 1. The Bertz CT molecular complexity index is 1000. The third kappa shape index (κ3) is 3.89. The molecule has 1 atom stereocenters. The molecule has 1 aromatic heterocycles. The fraction of sp³-hybridized carbons (Fsp3) is 0.400. The fourth-order valence-electron chi connectivity index (χ4n) is 3.92. The van der Waals surface area contributed by atoms with E-state index >= 15 is 0 Å². The van der Waals surface area contributed by atoms with E-state index in [4.69, 9.17) is 28.9 Å². The molecule has 0 radical (unpaired) electrons. The molecule has 2 aliphatic heterocycles. The van der Waals surface area contributed by atoms with Crippen LogP contribution in [0.4, 0.5) is 0 Å². The number of likely N-dealkylation sites (tertiary alicyclic amines) is 1. The lowest BCUT2D eigenvalue weighted by molar-refractivity contribution is -0.123. The first-order chi connectivity index (χ1) is 14.3. The smallest absolute Gasteiger partial charge is 0.274 e. The van der Waals surface area contributed by atoms with Gasteiger partial charge in [0, 0.05) is 47.9 Å². The fourth-order valence-corrected chi connectivity index (χ4v) is 4.44. The van der Waals surface area contributed by atoms with Gasteiger partial charge < -0.3 is 15.5 Å². The van der Waals surface area contributed by atoms with Crippen LogP contribution in [0.3, 0.4) is 0 Å². The number of fused-ring (bicyclic) bond motifs is 1. The first-order valence-electron chi connectivity index (χ1n) is 9.73. The van der Waals surface area contributed by atoms with Crippen LogP contribution in [0.2, 0.25) is 10.0 Å². The SMILES string of the molecule is NC(=O)C1CCCN(C(=O)c2cc3n(n2)CCN(Cc2c(Cl)cccc2Cl)C3=O)C1. The second-order valence-electron chi connectivity index (χ2n) is 7.56. The molecular weight excluding hydrogens is 429 g/mol. The number of hydrogen-bond donors (Lipinski definition) is 1. The third-order valence-corrected chi connectivity index (χ3v) is 6.32. The molecule has 0 spiro atoms. The zero-order valence-electron chi connectivity index (χ0n) is 16.2. The van der Waals surface area contributed by atoms with Crippen molar-refractivity contribution in [2.24, 2.45) is 11.7 Å². The molecule has 10 heteroatoms. The molecule has 2 aromatic rings. The van der Waals surface area contributed by atoms with E-state index < -0.39 is 5.91 Å². The van der Waals surface area contributed by atoms with Gasteiger partial charge in [0.2, 0.25) is 5.91 Å². The quantitative estimate of drug-likeness (QED) is 0.772. The van der Waals surface area contributed by atoms with Crippen LogP contribution >= 0.6 is 23.2 Å². The Morgan fingerprint density at radius 2 is 1.90 bits per heavy atom. The van der Waals surface area contributed by atoms with Crippen LogP contribution in [0.5, 0.6) is 0 Å². The zero-order valence-corrected chi connectivity index (χ0v) is 17.7. The molecule has 1 saturated heterocycles. The van der Waals surface area contributed by atoms with E-state index in [1.54, 1.807) is 32.7 Å². The van der Waals surface area contributed by atoms with Crippen molar-refractivity contribution < 1.29 is 14.4 Å². The summed E-state index contributed by atoms with van der Waals surface area (Å²) in [5.41, 5.74) is 6.62. The number of carbonyl (C=O) groups is 3. The van der Waals surface area contributed by atoms with Gasteiger partial charge in [-0.05, 0) is 25.0 Å². The predicted octanol–water partition coefficient (Wildman–Crippen LogP) is 2.18. The Labute approximate surface area is 183 Å². The van der Waals surface area contributed by atoms with Gasteiger partial charge in [-0.3, -0.25) is 19.1 Å². The number of nitrogens with zero attached hydrogens (tertiary/aromatic N) is 4. The van der Waals surface area contributed by atoms with Gasteiger partial charge in [-0.25, -0.2) is 0 Å². The summed E-state index contributed by atoms with van der Waals surface area (Å²) in [4.78, 5) is 40.6. The standard InChI is InChI=1S/C20H21Cl2N5O3/c21-14-4-1-5-15(22)13(14)11-26-7-8-27-17(20(26)30)9-16(24-27)19(29)25-6-2-3-12(10-25)18(23)28/h1,4-5,9,12H,2-3,6-8,10-11H2,(H2,23,28). The Hall–Kier alpha value is -2.58. The van der Waals surface area contributed by atoms with E-state index in [1.165, 1.54) is 6.07 Å². The van der Waals surface area contributed by atoms with Gasteiger partial charge >= 0.3 is 0 Å². The van der Waals surface area contributed by atoms with E-state index in [-0.39, 0.29) is 36.5 Å². The van der Waals surface area contributed by atoms with Crippen LogP contribution in [0.15, 0.2) is 24.3 Å². The van der Waals surface area contributed by atoms with Crippen molar-refractivity contribution in [2.75, 3.05) is 19.6 Å². The van der Waals surface area contributed by atoms with Crippen LogP contribution in [0, 0.1) is 5.92 Å². The summed E-state index contributed by atoms with van der Waals surface area (Å²) < 4.78 is 1.55. The van der Waals surface area contributed by atoms with E-state index in [1.807, 2.05) is 0 Å². The molecule has 2 N–H and O–H groups in total. The summed E-state index contributed by atoms with van der Waals surface area (Å²) in [7, 11) is 0. The van der Waals surface area contributed by atoms with Crippen molar-refractivity contribution in [1.29, 1.82) is 0 Å². The lowest BCUT2D eigenvalue weighted by Gasteiger charge is -2.30. The second-order valence-corrected chi connectivity index (χ2v) is 8.37. The number of nitrogens with two attached hydrogens (primary N) is 1. The topological polar surface area (TPSA) is 102 Å². The minimum atomic E-state index is -0.402. The minimum absolute atomic E-state index is 0.195. The van der Waals surface area contributed by atoms with E-state index in [0.29, 0.717) is 53.8 Å². The van der Waals surface area contributed by atoms with E-state index in [9.17, 15) is 14.4 Å². The monoisotopic (exact) mass is 449 g/mol. The highest BCUT2D eigenvalue weighted by Crippen LogP contribution is 2.27. The summed E-state index contributed by atoms with van der Waals surface area (Å²) in [6.45, 7) is 1.98. The molecule has 2 aliphatic rings. The molecule has 8 nitrogen and oxygen atoms in total. The molecule has 3 heterocycles. The van der Waals surface area contributed by atoms with Crippen LogP contribution in [-0.2, 0) is 17.9 Å². The summed E-state index contributed by atoms with van der Waals surface area (Å²) in [5, 5.41) is 5.33. The van der Waals surface area contributed by atoms with Gasteiger partial charge in [0.25, 0.3) is 11.8 Å². The Kier molecular flexibility index (Phi) is 5.71. The maximum absolute atomic E-state index is 13.0. The van der Waals surface area contributed by atoms with E-state index in [2.05, 4.69) is 5.10 Å². The van der Waals surface area contributed by atoms with Crippen LogP contribution in [-0.4, -0.2) is 56.9 Å². The number of carbonyl (C=O) groups excluding carboxylic acids is 3. The van der Waals surface area contributed by atoms with Crippen molar-refractivity contribution in [3.05, 3.63) is 51.3 Å². The van der Waals surface area contributed by atoms with Crippen molar-refractivity contribution in [2.45, 2.75) is 25.9 Å². The number of rotatable bonds is 4. The van der Waals surface area contributed by atoms with Crippen LogP contribution < -0.4 is 5.73 Å². The first-order valence-corrected chi connectivity index (χ1v) is 10.5. The third-order valence-electron chi connectivity index (χ3n) is 5.61. The number of benzene rings is 1. The van der Waals surface area contributed by atoms with Gasteiger partial charge in [0.05, 0.1) is 12.5 Å². The molecule has 1 unspecified atom stereocenters. The zero-order chi connectivity index (χ0) is 21.4. The lowest BCUT2D eigenvalue weighted by Crippen LogP contribution is -2.44. The molecule has 30 heavy (non-hydrogen) atoms. The second kappa shape index (κ2) is 8.28. The number of aromatic nitrogens is 2. The molecule has 158 valence electrons. The average Bonchev–Trinajstić information content (AvgIpc) is 3.17.